The van der Waals surface area contributed by atoms with E-state index in [4.69, 9.17) is 4.98 Å². The van der Waals surface area contributed by atoms with Crippen molar-refractivity contribution in [2.75, 3.05) is 26.2 Å². The van der Waals surface area contributed by atoms with Crippen molar-refractivity contribution in [3.05, 3.63) is 41.0 Å². The topological polar surface area (TPSA) is 72.1 Å². The Morgan fingerprint density at radius 3 is 2.63 bits per heavy atom. The van der Waals surface area contributed by atoms with Crippen molar-refractivity contribution >= 4 is 16.9 Å². The molecule has 5 rings (SSSR count). The molecule has 0 aromatic carbocycles. The van der Waals surface area contributed by atoms with Crippen LogP contribution in [0.4, 0.5) is 0 Å². The Labute approximate surface area is 176 Å². The highest BCUT2D eigenvalue weighted by Gasteiger charge is 2.30. The number of carbonyl (C=O) groups is 1. The molecule has 1 amide bonds. The summed E-state index contributed by atoms with van der Waals surface area (Å²) in [6.07, 6.45) is 6.38. The molecule has 4 heterocycles. The van der Waals surface area contributed by atoms with Gasteiger partial charge in [0.25, 0.3) is 5.91 Å². The molecule has 8 nitrogen and oxygen atoms in total. The molecule has 1 aliphatic carbocycles. The summed E-state index contributed by atoms with van der Waals surface area (Å²) < 4.78 is 3.76. The van der Waals surface area contributed by atoms with Crippen LogP contribution >= 0.6 is 0 Å². The standard InChI is InChI=1S/C22H29N7O/c1-4-29-14-16(12-23-29)13-27-7-9-28(10-8-27)22(30)18-11-19(17-5-6-17)24-21-20(18)15(2)25-26(21)3/h11-12,14,17H,4-10,13H2,1-3H3. The Morgan fingerprint density at radius 2 is 1.97 bits per heavy atom. The second-order valence-electron chi connectivity index (χ2n) is 8.55. The summed E-state index contributed by atoms with van der Waals surface area (Å²) >= 11 is 0. The quantitative estimate of drug-likeness (QED) is 0.649. The number of carbonyl (C=O) groups excluding carboxylic acids is 1. The van der Waals surface area contributed by atoms with Crippen LogP contribution in [0.3, 0.4) is 0 Å². The number of aryl methyl sites for hydroxylation is 3. The Balaban J connectivity index is 1.33. The lowest BCUT2D eigenvalue weighted by molar-refractivity contribution is 0.0630. The maximum absolute atomic E-state index is 13.5. The van der Waals surface area contributed by atoms with Gasteiger partial charge in [-0.2, -0.15) is 10.2 Å². The van der Waals surface area contributed by atoms with Crippen LogP contribution in [0.5, 0.6) is 0 Å². The Hall–Kier alpha value is -2.74. The number of amides is 1. The zero-order chi connectivity index (χ0) is 20.8. The smallest absolute Gasteiger partial charge is 0.254 e. The van der Waals surface area contributed by atoms with E-state index in [0.29, 0.717) is 5.92 Å². The van der Waals surface area contributed by atoms with Crippen LogP contribution < -0.4 is 0 Å². The van der Waals surface area contributed by atoms with Gasteiger partial charge in [-0.3, -0.25) is 19.1 Å². The van der Waals surface area contributed by atoms with E-state index >= 15 is 0 Å². The van der Waals surface area contributed by atoms with E-state index in [9.17, 15) is 4.79 Å². The molecule has 0 unspecified atom stereocenters. The lowest BCUT2D eigenvalue weighted by atomic mass is 10.1. The van der Waals surface area contributed by atoms with Crippen molar-refractivity contribution in [2.24, 2.45) is 7.05 Å². The summed E-state index contributed by atoms with van der Waals surface area (Å²) in [6.45, 7) is 9.05. The molecule has 3 aromatic rings. The van der Waals surface area contributed by atoms with Gasteiger partial charge in [0.2, 0.25) is 0 Å². The van der Waals surface area contributed by atoms with Crippen molar-refractivity contribution in [3.63, 3.8) is 0 Å². The first kappa shape index (κ1) is 19.2. The minimum atomic E-state index is 0.110. The molecule has 3 aromatic heterocycles. The Kier molecular flexibility index (Phi) is 4.81. The van der Waals surface area contributed by atoms with Gasteiger partial charge in [0.05, 0.1) is 22.8 Å². The third-order valence-electron chi connectivity index (χ3n) is 6.29. The molecule has 1 saturated carbocycles. The fourth-order valence-corrected chi connectivity index (χ4v) is 4.42. The molecule has 2 fully saturated rings. The highest BCUT2D eigenvalue weighted by Crippen LogP contribution is 2.40. The number of hydrogen-bond donors (Lipinski definition) is 0. The van der Waals surface area contributed by atoms with Crippen LogP contribution in [0.2, 0.25) is 0 Å². The van der Waals surface area contributed by atoms with Crippen LogP contribution in [0, 0.1) is 6.92 Å². The molecule has 0 radical (unpaired) electrons. The van der Waals surface area contributed by atoms with Crippen molar-refractivity contribution in [3.8, 4) is 0 Å². The summed E-state index contributed by atoms with van der Waals surface area (Å²) in [4.78, 5) is 22.7. The van der Waals surface area contributed by atoms with E-state index in [1.54, 1.807) is 0 Å². The summed E-state index contributed by atoms with van der Waals surface area (Å²) in [5.74, 6) is 0.607. The third-order valence-corrected chi connectivity index (χ3v) is 6.29. The van der Waals surface area contributed by atoms with Gasteiger partial charge < -0.3 is 4.90 Å². The van der Waals surface area contributed by atoms with E-state index in [0.717, 1.165) is 80.1 Å². The SMILES string of the molecule is CCn1cc(CN2CCN(C(=O)c3cc(C4CC4)nc4c3c(C)nn4C)CC2)cn1. The zero-order valence-electron chi connectivity index (χ0n) is 18.0. The van der Waals surface area contributed by atoms with Crippen LogP contribution in [0.25, 0.3) is 11.0 Å². The second kappa shape index (κ2) is 7.50. The van der Waals surface area contributed by atoms with Gasteiger partial charge in [-0.1, -0.05) is 0 Å². The summed E-state index contributed by atoms with van der Waals surface area (Å²) in [7, 11) is 1.91. The van der Waals surface area contributed by atoms with Crippen LogP contribution in [0.15, 0.2) is 18.5 Å². The first-order valence-electron chi connectivity index (χ1n) is 10.9. The number of pyridine rings is 1. The first-order chi connectivity index (χ1) is 14.5. The summed E-state index contributed by atoms with van der Waals surface area (Å²) in [5, 5.41) is 9.80. The molecule has 158 valence electrons. The predicted octanol–water partition coefficient (Wildman–Crippen LogP) is 2.33. The normalized spacial score (nSPS) is 17.8. The monoisotopic (exact) mass is 407 g/mol. The van der Waals surface area contributed by atoms with Gasteiger partial charge in [-0.05, 0) is 32.8 Å². The number of rotatable bonds is 5. The molecule has 0 spiro atoms. The zero-order valence-corrected chi connectivity index (χ0v) is 18.0. The van der Waals surface area contributed by atoms with Crippen molar-refractivity contribution in [1.82, 2.24) is 34.3 Å². The molecule has 0 N–H and O–H groups in total. The van der Waals surface area contributed by atoms with E-state index in [2.05, 4.69) is 28.2 Å². The van der Waals surface area contributed by atoms with Crippen molar-refractivity contribution < 1.29 is 4.79 Å². The molecule has 1 saturated heterocycles. The predicted molar refractivity (Wildman–Crippen MR) is 114 cm³/mol. The number of aromatic nitrogens is 5. The maximum Gasteiger partial charge on any atom is 0.254 e. The highest BCUT2D eigenvalue weighted by molar-refractivity contribution is 6.06. The third kappa shape index (κ3) is 3.49. The molecule has 0 atom stereocenters. The van der Waals surface area contributed by atoms with Crippen LogP contribution in [-0.4, -0.2) is 66.4 Å². The van der Waals surface area contributed by atoms with Gasteiger partial charge in [0.1, 0.15) is 0 Å². The fraction of sp³-hybridized carbons (Fsp3) is 0.545. The Morgan fingerprint density at radius 1 is 1.20 bits per heavy atom. The number of piperazine rings is 1. The maximum atomic E-state index is 13.5. The number of hydrogen-bond acceptors (Lipinski definition) is 5. The molecular formula is C22H29N7O. The molecule has 2 aliphatic rings. The minimum Gasteiger partial charge on any atom is -0.336 e. The van der Waals surface area contributed by atoms with Gasteiger partial charge in [-0.15, -0.1) is 0 Å². The molecule has 1 aliphatic heterocycles. The van der Waals surface area contributed by atoms with E-state index in [1.807, 2.05) is 40.5 Å². The lowest BCUT2D eigenvalue weighted by Gasteiger charge is -2.34. The fourth-order valence-electron chi connectivity index (χ4n) is 4.42. The molecule has 8 heteroatoms. The molecule has 0 bridgehead atoms. The minimum absolute atomic E-state index is 0.110. The van der Waals surface area contributed by atoms with E-state index in [1.165, 1.54) is 5.56 Å². The second-order valence-corrected chi connectivity index (χ2v) is 8.55. The summed E-state index contributed by atoms with van der Waals surface area (Å²) in [5.41, 5.74) is 4.74. The largest absolute Gasteiger partial charge is 0.336 e. The van der Waals surface area contributed by atoms with E-state index in [-0.39, 0.29) is 5.91 Å². The van der Waals surface area contributed by atoms with Crippen LogP contribution in [-0.2, 0) is 20.1 Å². The number of fused-ring (bicyclic) bond motifs is 1. The lowest BCUT2D eigenvalue weighted by Crippen LogP contribution is -2.48. The van der Waals surface area contributed by atoms with Gasteiger partial charge in [0.15, 0.2) is 5.65 Å². The van der Waals surface area contributed by atoms with Gasteiger partial charge in [0, 0.05) is 69.7 Å². The van der Waals surface area contributed by atoms with Crippen molar-refractivity contribution in [1.29, 1.82) is 0 Å². The average Bonchev–Trinajstić information content (AvgIpc) is 3.45. The van der Waals surface area contributed by atoms with Gasteiger partial charge in [-0.25, -0.2) is 4.98 Å². The molecule has 30 heavy (non-hydrogen) atoms. The number of nitrogens with zero attached hydrogens (tertiary/aromatic N) is 7. The highest BCUT2D eigenvalue weighted by atomic mass is 16.2. The first-order valence-corrected chi connectivity index (χ1v) is 10.9. The summed E-state index contributed by atoms with van der Waals surface area (Å²) in [6, 6.07) is 2.03. The Bertz CT molecular complexity index is 1090. The van der Waals surface area contributed by atoms with Crippen molar-refractivity contribution in [2.45, 2.75) is 45.7 Å². The van der Waals surface area contributed by atoms with Crippen LogP contribution in [0.1, 0.15) is 53.0 Å². The van der Waals surface area contributed by atoms with Gasteiger partial charge >= 0.3 is 0 Å². The molecular weight excluding hydrogens is 378 g/mol. The average molecular weight is 408 g/mol. The van der Waals surface area contributed by atoms with E-state index < -0.39 is 0 Å².